The van der Waals surface area contributed by atoms with Gasteiger partial charge in [-0.25, -0.2) is 4.98 Å². The van der Waals surface area contributed by atoms with Gasteiger partial charge in [-0.05, 0) is 11.6 Å². The highest BCUT2D eigenvalue weighted by molar-refractivity contribution is 6.28. The minimum Gasteiger partial charge on any atom is -0.424 e. The molecule has 0 radical (unpaired) electrons. The van der Waals surface area contributed by atoms with Crippen molar-refractivity contribution in [1.82, 2.24) is 9.71 Å². The molecule has 0 aliphatic carbocycles. The molecule has 4 nitrogen and oxygen atoms in total. The summed E-state index contributed by atoms with van der Waals surface area (Å²) >= 11 is 5.30. The van der Waals surface area contributed by atoms with Crippen LogP contribution < -0.4 is 5.49 Å². The van der Waals surface area contributed by atoms with Crippen LogP contribution in [0.3, 0.4) is 0 Å². The predicted octanol–water partition coefficient (Wildman–Crippen LogP) is 0.253. The third-order valence-corrected chi connectivity index (χ3v) is 1.07. The molecule has 0 saturated heterocycles. The van der Waals surface area contributed by atoms with Crippen LogP contribution in [0.2, 0.25) is 5.28 Å². The molecule has 0 atom stereocenters. The van der Waals surface area contributed by atoms with E-state index in [2.05, 4.69) is 4.98 Å². The van der Waals surface area contributed by atoms with Crippen molar-refractivity contribution in [2.45, 2.75) is 0 Å². The standard InChI is InChI=1S/C4H4ClN3O/c5-4-7-2-1-3(6)8(4)9/h1-2,6,9H. The molecule has 1 aromatic rings. The SMILES string of the molecule is N=c1ccnc(Cl)n1O. The highest BCUT2D eigenvalue weighted by Crippen LogP contribution is 1.94. The molecular weight excluding hydrogens is 142 g/mol. The van der Waals surface area contributed by atoms with Crippen LogP contribution in [0.5, 0.6) is 0 Å². The van der Waals surface area contributed by atoms with Crippen molar-refractivity contribution in [1.29, 1.82) is 5.41 Å². The van der Waals surface area contributed by atoms with Gasteiger partial charge in [0, 0.05) is 12.3 Å². The Morgan fingerprint density at radius 1 is 1.78 bits per heavy atom. The maximum atomic E-state index is 8.74. The lowest BCUT2D eigenvalue weighted by Crippen LogP contribution is -2.17. The van der Waals surface area contributed by atoms with Crippen LogP contribution in [0.25, 0.3) is 0 Å². The molecule has 0 aromatic carbocycles. The van der Waals surface area contributed by atoms with Crippen molar-refractivity contribution in [3.8, 4) is 0 Å². The molecule has 0 aliphatic rings. The smallest absolute Gasteiger partial charge is 0.238 e. The minimum atomic E-state index is -0.109. The molecule has 0 saturated carbocycles. The van der Waals surface area contributed by atoms with Crippen LogP contribution >= 0.6 is 11.6 Å². The quantitative estimate of drug-likeness (QED) is 0.406. The van der Waals surface area contributed by atoms with Gasteiger partial charge in [0.1, 0.15) is 0 Å². The number of hydrogen-bond donors (Lipinski definition) is 2. The lowest BCUT2D eigenvalue weighted by molar-refractivity contribution is 0.167. The second kappa shape index (κ2) is 2.06. The van der Waals surface area contributed by atoms with E-state index >= 15 is 0 Å². The van der Waals surface area contributed by atoms with Gasteiger partial charge in [0.25, 0.3) is 0 Å². The van der Waals surface area contributed by atoms with Gasteiger partial charge in [-0.2, -0.15) is 0 Å². The maximum absolute atomic E-state index is 8.74. The van der Waals surface area contributed by atoms with Crippen LogP contribution in [0.15, 0.2) is 12.3 Å². The first-order valence-electron chi connectivity index (χ1n) is 2.19. The average molecular weight is 146 g/mol. The Morgan fingerprint density at radius 2 is 2.44 bits per heavy atom. The molecule has 0 amide bonds. The van der Waals surface area contributed by atoms with Gasteiger partial charge in [0.05, 0.1) is 0 Å². The average Bonchev–Trinajstić information content (AvgIpc) is 1.83. The Bertz CT molecular complexity index is 269. The zero-order valence-corrected chi connectivity index (χ0v) is 5.13. The highest BCUT2D eigenvalue weighted by Gasteiger charge is 1.92. The summed E-state index contributed by atoms with van der Waals surface area (Å²) in [6, 6.07) is 1.33. The number of hydrogen-bond acceptors (Lipinski definition) is 3. The summed E-state index contributed by atoms with van der Waals surface area (Å²) in [5, 5.41) is 15.6. The van der Waals surface area contributed by atoms with E-state index in [1.165, 1.54) is 12.3 Å². The highest BCUT2D eigenvalue weighted by atomic mass is 35.5. The van der Waals surface area contributed by atoms with E-state index in [0.717, 1.165) is 0 Å². The van der Waals surface area contributed by atoms with E-state index in [-0.39, 0.29) is 10.8 Å². The lowest BCUT2D eigenvalue weighted by atomic mass is 10.7. The van der Waals surface area contributed by atoms with Crippen molar-refractivity contribution in [2.24, 2.45) is 0 Å². The van der Waals surface area contributed by atoms with E-state index in [0.29, 0.717) is 4.73 Å². The van der Waals surface area contributed by atoms with Gasteiger partial charge in [0.2, 0.25) is 5.28 Å². The Morgan fingerprint density at radius 3 is 2.89 bits per heavy atom. The van der Waals surface area contributed by atoms with E-state index < -0.39 is 0 Å². The van der Waals surface area contributed by atoms with E-state index in [1.54, 1.807) is 0 Å². The molecule has 0 bridgehead atoms. The fraction of sp³-hybridized carbons (Fsp3) is 0. The molecule has 9 heavy (non-hydrogen) atoms. The zero-order valence-electron chi connectivity index (χ0n) is 4.37. The molecule has 0 fully saturated rings. The van der Waals surface area contributed by atoms with E-state index in [9.17, 15) is 0 Å². The predicted molar refractivity (Wildman–Crippen MR) is 30.3 cm³/mol. The van der Waals surface area contributed by atoms with E-state index in [1.807, 2.05) is 0 Å². The molecule has 1 rings (SSSR count). The van der Waals surface area contributed by atoms with Crippen molar-refractivity contribution >= 4 is 11.6 Å². The number of nitrogens with one attached hydrogen (secondary N) is 1. The Labute approximate surface area is 55.8 Å². The first-order valence-corrected chi connectivity index (χ1v) is 2.57. The van der Waals surface area contributed by atoms with Crippen LogP contribution in [-0.2, 0) is 0 Å². The van der Waals surface area contributed by atoms with Crippen LogP contribution in [0.1, 0.15) is 0 Å². The second-order valence-corrected chi connectivity index (χ2v) is 1.75. The number of rotatable bonds is 0. The zero-order chi connectivity index (χ0) is 6.85. The molecule has 0 aliphatic heterocycles. The largest absolute Gasteiger partial charge is 0.424 e. The van der Waals surface area contributed by atoms with Crippen molar-refractivity contribution in [2.75, 3.05) is 0 Å². The molecule has 1 aromatic heterocycles. The summed E-state index contributed by atoms with van der Waals surface area (Å²) in [5.74, 6) is 0. The third kappa shape index (κ3) is 1.02. The van der Waals surface area contributed by atoms with E-state index in [4.69, 9.17) is 22.2 Å². The molecule has 0 unspecified atom stereocenters. The first kappa shape index (κ1) is 6.10. The van der Waals surface area contributed by atoms with Gasteiger partial charge in [0.15, 0.2) is 5.49 Å². The van der Waals surface area contributed by atoms with Crippen LogP contribution in [0.4, 0.5) is 0 Å². The molecule has 5 heteroatoms. The summed E-state index contributed by atoms with van der Waals surface area (Å²) in [5.41, 5.74) is -0.0880. The summed E-state index contributed by atoms with van der Waals surface area (Å²) in [6.45, 7) is 0. The number of halogens is 1. The van der Waals surface area contributed by atoms with Crippen LogP contribution in [0, 0.1) is 5.41 Å². The second-order valence-electron chi connectivity index (χ2n) is 1.41. The Hall–Kier alpha value is -1.03. The maximum Gasteiger partial charge on any atom is 0.238 e. The van der Waals surface area contributed by atoms with Gasteiger partial charge >= 0.3 is 0 Å². The van der Waals surface area contributed by atoms with Gasteiger partial charge in [-0.3, -0.25) is 5.41 Å². The summed E-state index contributed by atoms with van der Waals surface area (Å²) < 4.78 is 0.488. The summed E-state index contributed by atoms with van der Waals surface area (Å²) in [6.07, 6.45) is 1.34. The molecule has 48 valence electrons. The topological polar surface area (TPSA) is 61.9 Å². The van der Waals surface area contributed by atoms with Crippen LogP contribution in [-0.4, -0.2) is 14.9 Å². The molecule has 2 N–H and O–H groups in total. The summed E-state index contributed by atoms with van der Waals surface area (Å²) in [7, 11) is 0. The molecule has 0 spiro atoms. The van der Waals surface area contributed by atoms with Gasteiger partial charge < -0.3 is 5.21 Å². The first-order chi connectivity index (χ1) is 4.22. The Kier molecular flexibility index (Phi) is 1.40. The van der Waals surface area contributed by atoms with Crippen molar-refractivity contribution in [3.63, 3.8) is 0 Å². The number of aromatic nitrogens is 2. The van der Waals surface area contributed by atoms with Gasteiger partial charge in [-0.1, -0.05) is 0 Å². The third-order valence-electron chi connectivity index (χ3n) is 0.816. The fourth-order valence-corrected chi connectivity index (χ4v) is 0.541. The number of nitrogens with zero attached hydrogens (tertiary/aromatic N) is 2. The minimum absolute atomic E-state index is 0.0880. The molecule has 1 heterocycles. The van der Waals surface area contributed by atoms with Crippen molar-refractivity contribution < 1.29 is 5.21 Å². The fourth-order valence-electron chi connectivity index (χ4n) is 0.394. The van der Waals surface area contributed by atoms with Crippen molar-refractivity contribution in [3.05, 3.63) is 23.0 Å². The summed E-state index contributed by atoms with van der Waals surface area (Å²) in [4.78, 5) is 3.50. The van der Waals surface area contributed by atoms with Gasteiger partial charge in [-0.15, -0.1) is 4.73 Å². The Balaban J connectivity index is 3.43. The normalized spacial score (nSPS) is 9.44. The monoisotopic (exact) mass is 145 g/mol. The lowest BCUT2D eigenvalue weighted by Gasteiger charge is -1.95. The molecular formula is C4H4ClN3O.